The van der Waals surface area contributed by atoms with Crippen LogP contribution in [0.15, 0.2) is 18.2 Å². The lowest BCUT2D eigenvalue weighted by Crippen LogP contribution is -2.41. The normalized spacial score (nSPS) is 10.4. The molecule has 0 atom stereocenters. The van der Waals surface area contributed by atoms with Crippen molar-refractivity contribution in [3.8, 4) is 0 Å². The van der Waals surface area contributed by atoms with E-state index in [-0.39, 0.29) is 24.4 Å². The predicted octanol–water partition coefficient (Wildman–Crippen LogP) is 1.90. The van der Waals surface area contributed by atoms with Crippen LogP contribution < -0.4 is 5.32 Å². The van der Waals surface area contributed by atoms with E-state index in [1.165, 1.54) is 4.90 Å². The Morgan fingerprint density at radius 3 is 2.47 bits per heavy atom. The summed E-state index contributed by atoms with van der Waals surface area (Å²) < 4.78 is 0. The van der Waals surface area contributed by atoms with Gasteiger partial charge in [0.1, 0.15) is 0 Å². The fraction of sp³-hybridized carbons (Fsp3) is 0.467. The molecule has 104 valence electrons. The Labute approximate surface area is 114 Å². The number of rotatable bonds is 4. The Morgan fingerprint density at radius 1 is 1.26 bits per heavy atom. The molecule has 0 unspecified atom stereocenters. The van der Waals surface area contributed by atoms with Crippen LogP contribution in [0.3, 0.4) is 0 Å². The largest absolute Gasteiger partial charge is 0.352 e. The predicted molar refractivity (Wildman–Crippen MR) is 76.2 cm³/mol. The van der Waals surface area contributed by atoms with Gasteiger partial charge in [0.2, 0.25) is 5.91 Å². The number of nitrogens with one attached hydrogen (secondary N) is 1. The second kappa shape index (κ2) is 6.36. The first-order valence-electron chi connectivity index (χ1n) is 6.43. The minimum atomic E-state index is -0.142. The molecule has 0 saturated carbocycles. The van der Waals surface area contributed by atoms with Gasteiger partial charge in [-0.1, -0.05) is 17.7 Å². The molecule has 1 aromatic carbocycles. The first-order valence-corrected chi connectivity index (χ1v) is 6.43. The van der Waals surface area contributed by atoms with Gasteiger partial charge in [0.25, 0.3) is 5.91 Å². The van der Waals surface area contributed by atoms with E-state index < -0.39 is 0 Å². The van der Waals surface area contributed by atoms with Gasteiger partial charge < -0.3 is 10.2 Å². The molecule has 0 radical (unpaired) electrons. The van der Waals surface area contributed by atoms with Gasteiger partial charge in [-0.2, -0.15) is 0 Å². The number of likely N-dealkylation sites (N-methyl/N-ethyl adjacent to an activating group) is 1. The topological polar surface area (TPSA) is 49.4 Å². The van der Waals surface area contributed by atoms with Gasteiger partial charge in [-0.3, -0.25) is 9.59 Å². The van der Waals surface area contributed by atoms with E-state index in [1.807, 2.05) is 45.9 Å². The van der Waals surface area contributed by atoms with Crippen molar-refractivity contribution in [3.05, 3.63) is 34.9 Å². The maximum absolute atomic E-state index is 12.3. The van der Waals surface area contributed by atoms with Gasteiger partial charge in [0.15, 0.2) is 0 Å². The van der Waals surface area contributed by atoms with Crippen LogP contribution in [0, 0.1) is 13.8 Å². The van der Waals surface area contributed by atoms with Crippen molar-refractivity contribution >= 4 is 11.8 Å². The molecule has 1 N–H and O–H groups in total. The van der Waals surface area contributed by atoms with Crippen molar-refractivity contribution in [1.29, 1.82) is 0 Å². The Kier molecular flexibility index (Phi) is 5.10. The van der Waals surface area contributed by atoms with Gasteiger partial charge in [0.05, 0.1) is 6.54 Å². The third kappa shape index (κ3) is 4.39. The molecule has 0 aliphatic rings. The summed E-state index contributed by atoms with van der Waals surface area (Å²) in [4.78, 5) is 25.4. The van der Waals surface area contributed by atoms with Gasteiger partial charge in [-0.25, -0.2) is 0 Å². The highest BCUT2D eigenvalue weighted by Crippen LogP contribution is 2.12. The Balaban J connectivity index is 2.77. The molecule has 0 spiro atoms. The molecule has 0 aliphatic carbocycles. The summed E-state index contributed by atoms with van der Waals surface area (Å²) in [5.41, 5.74) is 2.61. The zero-order chi connectivity index (χ0) is 14.6. The second-order valence-electron chi connectivity index (χ2n) is 5.20. The van der Waals surface area contributed by atoms with E-state index in [9.17, 15) is 9.59 Å². The Bertz CT molecular complexity index is 481. The third-order valence-electron chi connectivity index (χ3n) is 2.80. The molecule has 19 heavy (non-hydrogen) atoms. The average Bonchev–Trinajstić information content (AvgIpc) is 2.30. The van der Waals surface area contributed by atoms with Crippen LogP contribution in [0.5, 0.6) is 0 Å². The average molecular weight is 262 g/mol. The Morgan fingerprint density at radius 2 is 1.89 bits per heavy atom. The SMILES string of the molecule is Cc1ccc(C)c(C(=O)N(C)CC(=O)NC(C)C)c1. The third-order valence-corrected chi connectivity index (χ3v) is 2.80. The first kappa shape index (κ1) is 15.2. The summed E-state index contributed by atoms with van der Waals surface area (Å²) in [6.07, 6.45) is 0. The number of carbonyl (C=O) groups is 2. The minimum Gasteiger partial charge on any atom is -0.352 e. The number of carbonyl (C=O) groups excluding carboxylic acids is 2. The van der Waals surface area contributed by atoms with E-state index in [1.54, 1.807) is 7.05 Å². The minimum absolute atomic E-state index is 0.0738. The fourth-order valence-electron chi connectivity index (χ4n) is 1.83. The molecule has 4 nitrogen and oxygen atoms in total. The van der Waals surface area contributed by atoms with Crippen molar-refractivity contribution in [2.75, 3.05) is 13.6 Å². The first-order chi connectivity index (χ1) is 8.81. The van der Waals surface area contributed by atoms with Crippen LogP contribution in [-0.4, -0.2) is 36.3 Å². The molecule has 2 amide bonds. The molecular formula is C15H22N2O2. The molecule has 4 heteroatoms. The van der Waals surface area contributed by atoms with Crippen molar-refractivity contribution in [1.82, 2.24) is 10.2 Å². The zero-order valence-electron chi connectivity index (χ0n) is 12.3. The highest BCUT2D eigenvalue weighted by Gasteiger charge is 2.17. The summed E-state index contributed by atoms with van der Waals surface area (Å²) in [5, 5.41) is 2.77. The molecule has 0 aromatic heterocycles. The number of hydrogen-bond acceptors (Lipinski definition) is 2. The lowest BCUT2D eigenvalue weighted by molar-refractivity contribution is -0.122. The number of amides is 2. The maximum atomic E-state index is 12.3. The van der Waals surface area contributed by atoms with Crippen LogP contribution >= 0.6 is 0 Å². The summed E-state index contributed by atoms with van der Waals surface area (Å²) in [7, 11) is 1.64. The molecule has 0 bridgehead atoms. The quantitative estimate of drug-likeness (QED) is 0.901. The van der Waals surface area contributed by atoms with Crippen LogP contribution in [0.1, 0.15) is 35.3 Å². The number of benzene rings is 1. The van der Waals surface area contributed by atoms with Crippen molar-refractivity contribution < 1.29 is 9.59 Å². The maximum Gasteiger partial charge on any atom is 0.254 e. The summed E-state index contributed by atoms with van der Waals surface area (Å²) in [6.45, 7) is 7.70. The highest BCUT2D eigenvalue weighted by atomic mass is 16.2. The molecule has 0 fully saturated rings. The summed E-state index contributed by atoms with van der Waals surface area (Å²) >= 11 is 0. The molecule has 0 heterocycles. The lowest BCUT2D eigenvalue weighted by atomic mass is 10.0. The highest BCUT2D eigenvalue weighted by molar-refractivity contribution is 5.97. The van der Waals surface area contributed by atoms with Gasteiger partial charge in [0, 0.05) is 18.7 Å². The molecule has 0 aliphatic heterocycles. The summed E-state index contributed by atoms with van der Waals surface area (Å²) in [6, 6.07) is 5.83. The Hall–Kier alpha value is -1.84. The standard InChI is InChI=1S/C15H22N2O2/c1-10(2)16-14(18)9-17(5)15(19)13-8-11(3)6-7-12(13)4/h6-8,10H,9H2,1-5H3,(H,16,18). The van der Waals surface area contributed by atoms with Gasteiger partial charge in [-0.05, 0) is 39.3 Å². The van der Waals surface area contributed by atoms with E-state index in [0.29, 0.717) is 5.56 Å². The monoisotopic (exact) mass is 262 g/mol. The van der Waals surface area contributed by atoms with E-state index >= 15 is 0 Å². The second-order valence-corrected chi connectivity index (χ2v) is 5.20. The fourth-order valence-corrected chi connectivity index (χ4v) is 1.83. The molecule has 1 aromatic rings. The van der Waals surface area contributed by atoms with Crippen LogP contribution in [0.2, 0.25) is 0 Å². The van der Waals surface area contributed by atoms with Crippen molar-refractivity contribution in [2.45, 2.75) is 33.7 Å². The number of hydrogen-bond donors (Lipinski definition) is 1. The number of nitrogens with zero attached hydrogens (tertiary/aromatic N) is 1. The van der Waals surface area contributed by atoms with Crippen LogP contribution in [-0.2, 0) is 4.79 Å². The molecule has 1 rings (SSSR count). The lowest BCUT2D eigenvalue weighted by Gasteiger charge is -2.19. The van der Waals surface area contributed by atoms with Gasteiger partial charge in [-0.15, -0.1) is 0 Å². The van der Waals surface area contributed by atoms with Crippen LogP contribution in [0.25, 0.3) is 0 Å². The van der Waals surface area contributed by atoms with Gasteiger partial charge >= 0.3 is 0 Å². The molecule has 0 saturated heterocycles. The van der Waals surface area contributed by atoms with Crippen molar-refractivity contribution in [3.63, 3.8) is 0 Å². The zero-order valence-corrected chi connectivity index (χ0v) is 12.3. The van der Waals surface area contributed by atoms with Crippen molar-refractivity contribution in [2.24, 2.45) is 0 Å². The van der Waals surface area contributed by atoms with Crippen LogP contribution in [0.4, 0.5) is 0 Å². The van der Waals surface area contributed by atoms with E-state index in [0.717, 1.165) is 11.1 Å². The van der Waals surface area contributed by atoms with E-state index in [2.05, 4.69) is 5.32 Å². The smallest absolute Gasteiger partial charge is 0.254 e. The summed E-state index contributed by atoms with van der Waals surface area (Å²) in [5.74, 6) is -0.267. The number of aryl methyl sites for hydroxylation is 2. The molecular weight excluding hydrogens is 240 g/mol. The van der Waals surface area contributed by atoms with E-state index in [4.69, 9.17) is 0 Å².